The van der Waals surface area contributed by atoms with Crippen LogP contribution in [0.5, 0.6) is 0 Å². The molecule has 0 saturated heterocycles. The van der Waals surface area contributed by atoms with Crippen LogP contribution in [0.1, 0.15) is 5.56 Å². The number of hydrogen-bond donors (Lipinski definition) is 1. The van der Waals surface area contributed by atoms with Gasteiger partial charge in [0.15, 0.2) is 0 Å². The van der Waals surface area contributed by atoms with Crippen molar-refractivity contribution in [3.05, 3.63) is 33.1 Å². The summed E-state index contributed by atoms with van der Waals surface area (Å²) in [6.45, 7) is 2.01. The van der Waals surface area contributed by atoms with Crippen LogP contribution in [0.2, 0.25) is 0 Å². The van der Waals surface area contributed by atoms with Gasteiger partial charge in [-0.2, -0.15) is 0 Å². The molecule has 0 unspecified atom stereocenters. The highest BCUT2D eigenvalue weighted by molar-refractivity contribution is 9.10. The minimum absolute atomic E-state index is 0.286. The summed E-state index contributed by atoms with van der Waals surface area (Å²) in [5.41, 5.74) is 2.03. The summed E-state index contributed by atoms with van der Waals surface area (Å²) in [5.74, 6) is 0.505. The van der Waals surface area contributed by atoms with E-state index in [2.05, 4.69) is 26.1 Å². The minimum Gasteiger partial charge on any atom is -0.409 e. The Bertz CT molecular complexity index is 518. The van der Waals surface area contributed by atoms with Gasteiger partial charge in [-0.3, -0.25) is 0 Å². The van der Waals surface area contributed by atoms with E-state index >= 15 is 0 Å². The van der Waals surface area contributed by atoms with Gasteiger partial charge in [-0.05, 0) is 46.7 Å². The number of aryl methyl sites for hydroxylation is 1. The molecule has 72 valence electrons. The lowest BCUT2D eigenvalue weighted by molar-refractivity contribution is 0.551. The van der Waals surface area contributed by atoms with Crippen LogP contribution in [0.25, 0.3) is 11.5 Å². The van der Waals surface area contributed by atoms with Crippen LogP contribution in [0.4, 0.5) is 0 Å². The van der Waals surface area contributed by atoms with Crippen molar-refractivity contribution in [3.63, 3.8) is 0 Å². The van der Waals surface area contributed by atoms with Crippen LogP contribution in [-0.2, 0) is 0 Å². The second kappa shape index (κ2) is 3.67. The molecule has 0 atom stereocenters. The number of rotatable bonds is 1. The zero-order chi connectivity index (χ0) is 10.1. The molecule has 0 radical (unpaired) electrons. The molecular formula is C9H7BrN2OS. The normalized spacial score (nSPS) is 10.4. The van der Waals surface area contributed by atoms with Gasteiger partial charge in [-0.1, -0.05) is 12.1 Å². The van der Waals surface area contributed by atoms with Gasteiger partial charge in [-0.25, -0.2) is 5.10 Å². The second-order valence-corrected chi connectivity index (χ2v) is 4.02. The third kappa shape index (κ3) is 1.65. The monoisotopic (exact) mass is 270 g/mol. The number of nitrogens with zero attached hydrogens (tertiary/aromatic N) is 1. The number of H-pyrrole nitrogens is 1. The molecular weight excluding hydrogens is 264 g/mol. The highest BCUT2D eigenvalue weighted by atomic mass is 79.9. The Morgan fingerprint density at radius 1 is 1.50 bits per heavy atom. The molecule has 0 saturated carbocycles. The maximum atomic E-state index is 5.22. The van der Waals surface area contributed by atoms with E-state index in [9.17, 15) is 0 Å². The summed E-state index contributed by atoms with van der Waals surface area (Å²) in [7, 11) is 0. The fourth-order valence-corrected chi connectivity index (χ4v) is 1.72. The second-order valence-electron chi connectivity index (χ2n) is 2.85. The van der Waals surface area contributed by atoms with E-state index in [0.717, 1.165) is 15.6 Å². The van der Waals surface area contributed by atoms with Gasteiger partial charge < -0.3 is 4.42 Å². The van der Waals surface area contributed by atoms with E-state index in [0.29, 0.717) is 5.89 Å². The van der Waals surface area contributed by atoms with Crippen molar-refractivity contribution < 1.29 is 4.42 Å². The fourth-order valence-electron chi connectivity index (χ4n) is 1.16. The highest BCUT2D eigenvalue weighted by Gasteiger charge is 2.09. The van der Waals surface area contributed by atoms with E-state index in [1.165, 1.54) is 0 Å². The van der Waals surface area contributed by atoms with Crippen molar-refractivity contribution in [2.24, 2.45) is 0 Å². The topological polar surface area (TPSA) is 41.8 Å². The third-order valence-electron chi connectivity index (χ3n) is 1.86. The molecule has 1 N–H and O–H groups in total. The molecule has 0 fully saturated rings. The first-order valence-electron chi connectivity index (χ1n) is 3.99. The molecule has 1 aromatic heterocycles. The lowest BCUT2D eigenvalue weighted by Gasteiger charge is -2.01. The molecule has 0 aliphatic rings. The number of nitrogens with one attached hydrogen (secondary N) is 1. The van der Waals surface area contributed by atoms with Crippen molar-refractivity contribution >= 4 is 28.1 Å². The summed E-state index contributed by atoms with van der Waals surface area (Å²) in [6, 6.07) is 5.88. The number of halogens is 1. The van der Waals surface area contributed by atoms with Gasteiger partial charge in [0.05, 0.1) is 5.56 Å². The molecule has 2 rings (SSSR count). The first-order valence-corrected chi connectivity index (χ1v) is 5.19. The highest BCUT2D eigenvalue weighted by Crippen LogP contribution is 2.29. The summed E-state index contributed by atoms with van der Waals surface area (Å²) in [4.78, 5) is 0.286. The fraction of sp³-hybridized carbons (Fsp3) is 0.111. The van der Waals surface area contributed by atoms with E-state index in [1.807, 2.05) is 25.1 Å². The number of benzene rings is 1. The number of aromatic amines is 1. The van der Waals surface area contributed by atoms with E-state index in [-0.39, 0.29) is 4.84 Å². The maximum Gasteiger partial charge on any atom is 0.284 e. The smallest absolute Gasteiger partial charge is 0.284 e. The first kappa shape index (κ1) is 9.61. The summed E-state index contributed by atoms with van der Waals surface area (Å²) in [6.07, 6.45) is 0. The van der Waals surface area contributed by atoms with E-state index in [1.54, 1.807) is 0 Å². The molecule has 1 aromatic carbocycles. The molecule has 3 nitrogen and oxygen atoms in total. The van der Waals surface area contributed by atoms with Crippen LogP contribution in [0.3, 0.4) is 0 Å². The van der Waals surface area contributed by atoms with Gasteiger partial charge in [0.25, 0.3) is 4.84 Å². The predicted octanol–water partition coefficient (Wildman–Crippen LogP) is 3.47. The Balaban J connectivity index is 2.62. The molecule has 0 aliphatic carbocycles. The van der Waals surface area contributed by atoms with Gasteiger partial charge in [0, 0.05) is 4.47 Å². The lowest BCUT2D eigenvalue weighted by Crippen LogP contribution is -1.83. The first-order chi connectivity index (χ1) is 6.68. The Morgan fingerprint density at radius 2 is 2.29 bits per heavy atom. The van der Waals surface area contributed by atoms with Gasteiger partial charge in [0.1, 0.15) is 0 Å². The van der Waals surface area contributed by atoms with Crippen molar-refractivity contribution in [3.8, 4) is 11.5 Å². The average Bonchev–Trinajstić information content (AvgIpc) is 2.57. The van der Waals surface area contributed by atoms with Crippen LogP contribution < -0.4 is 0 Å². The molecule has 0 aliphatic heterocycles. The summed E-state index contributed by atoms with van der Waals surface area (Å²) < 4.78 is 6.20. The molecule has 0 spiro atoms. The molecule has 5 heteroatoms. The lowest BCUT2D eigenvalue weighted by atomic mass is 10.1. The summed E-state index contributed by atoms with van der Waals surface area (Å²) in [5, 5.41) is 6.55. The largest absolute Gasteiger partial charge is 0.409 e. The molecule has 14 heavy (non-hydrogen) atoms. The molecule has 1 heterocycles. The van der Waals surface area contributed by atoms with Crippen molar-refractivity contribution in [2.75, 3.05) is 0 Å². The van der Waals surface area contributed by atoms with Crippen LogP contribution >= 0.6 is 28.1 Å². The third-order valence-corrected chi connectivity index (χ3v) is 3.09. The van der Waals surface area contributed by atoms with Crippen LogP contribution in [0.15, 0.2) is 27.1 Å². The SMILES string of the molecule is Cc1cccc(-c2n[nH]c(=S)o2)c1Br. The van der Waals surface area contributed by atoms with Crippen LogP contribution in [-0.4, -0.2) is 10.2 Å². The van der Waals surface area contributed by atoms with E-state index < -0.39 is 0 Å². The minimum atomic E-state index is 0.286. The zero-order valence-corrected chi connectivity index (χ0v) is 9.78. The Hall–Kier alpha value is -0.940. The van der Waals surface area contributed by atoms with Crippen LogP contribution in [0, 0.1) is 11.8 Å². The van der Waals surface area contributed by atoms with Crippen molar-refractivity contribution in [2.45, 2.75) is 6.92 Å². The quantitative estimate of drug-likeness (QED) is 0.807. The number of hydrogen-bond acceptors (Lipinski definition) is 3. The van der Waals surface area contributed by atoms with Crippen molar-refractivity contribution in [1.82, 2.24) is 10.2 Å². The molecule has 2 aromatic rings. The Kier molecular flexibility index (Phi) is 2.52. The predicted molar refractivity (Wildman–Crippen MR) is 59.6 cm³/mol. The maximum absolute atomic E-state index is 5.22. The summed E-state index contributed by atoms with van der Waals surface area (Å²) >= 11 is 8.29. The van der Waals surface area contributed by atoms with Gasteiger partial charge in [0.2, 0.25) is 5.89 Å². The average molecular weight is 271 g/mol. The van der Waals surface area contributed by atoms with E-state index in [4.69, 9.17) is 16.6 Å². The van der Waals surface area contributed by atoms with Gasteiger partial charge >= 0.3 is 0 Å². The van der Waals surface area contributed by atoms with Crippen molar-refractivity contribution in [1.29, 1.82) is 0 Å². The zero-order valence-electron chi connectivity index (χ0n) is 7.37. The molecule has 0 amide bonds. The Labute approximate surface area is 94.3 Å². The Morgan fingerprint density at radius 3 is 2.93 bits per heavy atom. The number of aromatic nitrogens is 2. The molecule has 0 bridgehead atoms. The standard InChI is InChI=1S/C9H7BrN2OS/c1-5-3-2-4-6(7(5)10)8-11-12-9(14)13-8/h2-4H,1H3,(H,12,14). The van der Waals surface area contributed by atoms with Gasteiger partial charge in [-0.15, -0.1) is 5.10 Å².